The van der Waals surface area contributed by atoms with Gasteiger partial charge in [-0.2, -0.15) is 0 Å². The Balaban J connectivity index is 1.46. The summed E-state index contributed by atoms with van der Waals surface area (Å²) in [6, 6.07) is 14.0. The molecule has 0 radical (unpaired) electrons. The molecular formula is C45H54N2O6S4. The minimum Gasteiger partial charge on any atom is -0.443 e. The molecule has 0 N–H and O–H groups in total. The molecule has 0 spiro atoms. The van der Waals surface area contributed by atoms with Crippen molar-refractivity contribution in [3.63, 3.8) is 0 Å². The van der Waals surface area contributed by atoms with Crippen LogP contribution in [0, 0.1) is 6.92 Å². The van der Waals surface area contributed by atoms with Crippen LogP contribution in [0.25, 0.3) is 30.9 Å². The fraction of sp³-hybridized carbons (Fsp3) is 0.467. The Morgan fingerprint density at radius 1 is 0.561 bits per heavy atom. The van der Waals surface area contributed by atoms with Gasteiger partial charge >= 0.3 is 12.2 Å². The lowest BCUT2D eigenvalue weighted by Crippen LogP contribution is -2.40. The number of hydrogen-bond acceptors (Lipinski definition) is 10. The van der Waals surface area contributed by atoms with Crippen LogP contribution < -0.4 is 0 Å². The SMILES string of the molecule is CCCCCCc1ccc(-c2ccc(C3=C4C(=O)N(C(=O)OC(C)(C)C)C(c5ccc(-c6cc(C)c(CCCCCC)s6)s5)=C4C(=O)N3C(=O)OC(C)(C)C)s2)s1. The number of amides is 4. The van der Waals surface area contributed by atoms with Crippen LogP contribution in [0.2, 0.25) is 0 Å². The summed E-state index contributed by atoms with van der Waals surface area (Å²) in [6.45, 7) is 16.9. The van der Waals surface area contributed by atoms with Crippen LogP contribution in [-0.2, 0) is 31.9 Å². The fourth-order valence-electron chi connectivity index (χ4n) is 6.90. The van der Waals surface area contributed by atoms with Gasteiger partial charge in [-0.1, -0.05) is 52.4 Å². The zero-order chi connectivity index (χ0) is 41.2. The van der Waals surface area contributed by atoms with Gasteiger partial charge in [0.05, 0.1) is 32.3 Å². The minimum absolute atomic E-state index is 0.0143. The van der Waals surface area contributed by atoms with Crippen molar-refractivity contribution < 1.29 is 28.7 Å². The van der Waals surface area contributed by atoms with E-state index in [-0.39, 0.29) is 22.5 Å². The second-order valence-electron chi connectivity index (χ2n) is 16.6. The number of nitrogens with zero attached hydrogens (tertiary/aromatic N) is 2. The van der Waals surface area contributed by atoms with Gasteiger partial charge in [-0.3, -0.25) is 9.59 Å². The van der Waals surface area contributed by atoms with Gasteiger partial charge in [0.25, 0.3) is 11.8 Å². The van der Waals surface area contributed by atoms with Crippen LogP contribution in [-0.4, -0.2) is 45.0 Å². The summed E-state index contributed by atoms with van der Waals surface area (Å²) in [5.41, 5.74) is -0.400. The van der Waals surface area contributed by atoms with E-state index in [9.17, 15) is 19.2 Å². The lowest BCUT2D eigenvalue weighted by molar-refractivity contribution is -0.123. The van der Waals surface area contributed by atoms with Crippen LogP contribution in [0.3, 0.4) is 0 Å². The molecule has 0 unspecified atom stereocenters. The summed E-state index contributed by atoms with van der Waals surface area (Å²) in [6.07, 6.45) is 9.76. The number of unbranched alkanes of at least 4 members (excludes halogenated alkanes) is 6. The Labute approximate surface area is 353 Å². The summed E-state index contributed by atoms with van der Waals surface area (Å²) in [7, 11) is 0. The van der Waals surface area contributed by atoms with Crippen molar-refractivity contribution in [2.75, 3.05) is 0 Å². The highest BCUT2D eigenvalue weighted by Gasteiger charge is 2.54. The molecule has 0 saturated heterocycles. The van der Waals surface area contributed by atoms with Crippen molar-refractivity contribution in [1.29, 1.82) is 0 Å². The Morgan fingerprint density at radius 2 is 1.00 bits per heavy atom. The molecule has 8 nitrogen and oxygen atoms in total. The average Bonchev–Trinajstić information content (AvgIpc) is 3.97. The summed E-state index contributed by atoms with van der Waals surface area (Å²) in [5.74, 6) is -1.44. The molecule has 304 valence electrons. The number of carbonyl (C=O) groups excluding carboxylic acids is 4. The number of aryl methyl sites for hydroxylation is 3. The van der Waals surface area contributed by atoms with E-state index in [1.807, 2.05) is 24.3 Å². The van der Waals surface area contributed by atoms with Gasteiger partial charge in [-0.15, -0.1) is 45.3 Å². The maximum Gasteiger partial charge on any atom is 0.422 e. The second-order valence-corrected chi connectivity index (χ2v) is 21.1. The van der Waals surface area contributed by atoms with Crippen LogP contribution in [0.4, 0.5) is 9.59 Å². The number of imide groups is 2. The van der Waals surface area contributed by atoms with E-state index < -0.39 is 35.2 Å². The molecule has 0 saturated carbocycles. The second kappa shape index (κ2) is 17.6. The summed E-state index contributed by atoms with van der Waals surface area (Å²) in [4.78, 5) is 67.4. The van der Waals surface area contributed by atoms with Gasteiger partial charge in [-0.05, 0) is 122 Å². The van der Waals surface area contributed by atoms with Gasteiger partial charge in [0, 0.05) is 29.3 Å². The molecule has 2 aliphatic heterocycles. The highest BCUT2D eigenvalue weighted by atomic mass is 32.1. The summed E-state index contributed by atoms with van der Waals surface area (Å²) in [5, 5.41) is 0. The van der Waals surface area contributed by atoms with Gasteiger partial charge < -0.3 is 9.47 Å². The Morgan fingerprint density at radius 3 is 1.49 bits per heavy atom. The van der Waals surface area contributed by atoms with E-state index in [4.69, 9.17) is 9.47 Å². The van der Waals surface area contributed by atoms with Crippen molar-refractivity contribution in [1.82, 2.24) is 9.80 Å². The predicted octanol–water partition coefficient (Wildman–Crippen LogP) is 13.5. The monoisotopic (exact) mass is 846 g/mol. The van der Waals surface area contributed by atoms with E-state index in [2.05, 4.69) is 39.0 Å². The molecule has 0 aromatic carbocycles. The molecule has 0 atom stereocenters. The van der Waals surface area contributed by atoms with Crippen LogP contribution in [0.15, 0.2) is 53.6 Å². The molecular weight excluding hydrogens is 793 g/mol. The van der Waals surface area contributed by atoms with Crippen molar-refractivity contribution in [3.05, 3.63) is 78.7 Å². The number of thiophene rings is 4. The molecule has 0 bridgehead atoms. The normalized spacial score (nSPS) is 14.8. The molecule has 4 aromatic rings. The van der Waals surface area contributed by atoms with E-state index in [1.54, 1.807) is 64.2 Å². The van der Waals surface area contributed by atoms with E-state index in [0.29, 0.717) is 9.75 Å². The Kier molecular flexibility index (Phi) is 13.2. The van der Waals surface area contributed by atoms with Crippen molar-refractivity contribution in [2.24, 2.45) is 0 Å². The molecule has 4 amide bonds. The van der Waals surface area contributed by atoms with Crippen molar-refractivity contribution in [3.8, 4) is 19.5 Å². The quantitative estimate of drug-likeness (QED) is 0.117. The first kappa shape index (κ1) is 42.8. The average molecular weight is 847 g/mol. The predicted molar refractivity (Wildman–Crippen MR) is 236 cm³/mol. The third-order valence-corrected chi connectivity index (χ3v) is 14.6. The van der Waals surface area contributed by atoms with Crippen molar-refractivity contribution >= 4 is 80.7 Å². The van der Waals surface area contributed by atoms with Crippen LogP contribution in [0.1, 0.15) is 132 Å². The Hall–Kier alpha value is -3.84. The third kappa shape index (κ3) is 9.56. The van der Waals surface area contributed by atoms with E-state index in [1.165, 1.54) is 76.5 Å². The van der Waals surface area contributed by atoms with Gasteiger partial charge in [0.2, 0.25) is 0 Å². The lowest BCUT2D eigenvalue weighted by atomic mass is 10.1. The van der Waals surface area contributed by atoms with Gasteiger partial charge in [0.15, 0.2) is 0 Å². The standard InChI is InChI=1S/C45H54N2O6S4/c1-10-12-14-16-18-28-20-21-30(54-28)31-22-24-33(56-31)38-36-37(41(49)46(38)42(50)52-44(4,5)6)39(47(40(36)48)43(51)53-45(7,8)9)34-25-23-32(57-34)35-26-27(3)29(55-35)19-17-15-13-11-2/h20-26H,10-19H2,1-9H3. The first-order valence-electron chi connectivity index (χ1n) is 20.0. The van der Waals surface area contributed by atoms with Gasteiger partial charge in [0.1, 0.15) is 11.2 Å². The molecule has 2 aliphatic rings. The molecule has 0 aliphatic carbocycles. The fourth-order valence-corrected chi connectivity index (χ4v) is 11.4. The van der Waals surface area contributed by atoms with Gasteiger partial charge in [-0.25, -0.2) is 19.4 Å². The molecule has 57 heavy (non-hydrogen) atoms. The zero-order valence-electron chi connectivity index (χ0n) is 34.6. The van der Waals surface area contributed by atoms with Crippen LogP contribution >= 0.6 is 45.3 Å². The summed E-state index contributed by atoms with van der Waals surface area (Å²) < 4.78 is 11.6. The highest BCUT2D eigenvalue weighted by Crippen LogP contribution is 2.51. The number of carbonyl (C=O) groups is 4. The zero-order valence-corrected chi connectivity index (χ0v) is 37.9. The number of hydrogen-bond donors (Lipinski definition) is 0. The van der Waals surface area contributed by atoms with Crippen molar-refractivity contribution in [2.45, 2.75) is 138 Å². The van der Waals surface area contributed by atoms with E-state index >= 15 is 0 Å². The third-order valence-electron chi connectivity index (χ3n) is 9.54. The largest absolute Gasteiger partial charge is 0.443 e. The molecule has 12 heteroatoms. The number of rotatable bonds is 14. The lowest BCUT2D eigenvalue weighted by Gasteiger charge is -2.27. The topological polar surface area (TPSA) is 93.2 Å². The molecule has 6 rings (SSSR count). The first-order valence-corrected chi connectivity index (χ1v) is 23.3. The minimum atomic E-state index is -0.921. The smallest absolute Gasteiger partial charge is 0.422 e. The van der Waals surface area contributed by atoms with Crippen LogP contribution in [0.5, 0.6) is 0 Å². The summed E-state index contributed by atoms with van der Waals surface area (Å²) >= 11 is 6.28. The molecule has 4 aromatic heterocycles. The molecule has 0 fully saturated rings. The molecule has 6 heterocycles. The Bertz CT molecular complexity index is 2220. The maximum atomic E-state index is 14.8. The first-order chi connectivity index (χ1) is 27.0. The number of ether oxygens (including phenoxy) is 2. The maximum absolute atomic E-state index is 14.8. The van der Waals surface area contributed by atoms with E-state index in [0.717, 1.165) is 55.0 Å². The highest BCUT2D eigenvalue weighted by molar-refractivity contribution is 7.23. The number of fused-ring (bicyclic) bond motifs is 1.